The van der Waals surface area contributed by atoms with Crippen LogP contribution in [0.3, 0.4) is 0 Å². The van der Waals surface area contributed by atoms with E-state index in [0.717, 1.165) is 75.2 Å². The van der Waals surface area contributed by atoms with Crippen molar-refractivity contribution in [1.29, 1.82) is 0 Å². The first-order valence-corrected chi connectivity index (χ1v) is 12.9. The molecule has 2 aromatic carbocycles. The van der Waals surface area contributed by atoms with Gasteiger partial charge in [0.15, 0.2) is 6.54 Å². The summed E-state index contributed by atoms with van der Waals surface area (Å²) in [4.78, 5) is 28.9. The molecule has 5 nitrogen and oxygen atoms in total. The van der Waals surface area contributed by atoms with Gasteiger partial charge < -0.3 is 31.7 Å². The lowest BCUT2D eigenvalue weighted by atomic mass is 9.93. The highest BCUT2D eigenvalue weighted by Gasteiger charge is 2.41. The van der Waals surface area contributed by atoms with Crippen LogP contribution in [-0.2, 0) is 16.1 Å². The number of carbonyl (C=O) groups is 2. The first-order valence-electron chi connectivity index (χ1n) is 12.9. The fourth-order valence-electron chi connectivity index (χ4n) is 5.46. The molecular formula is C29H42BrN3O2. The maximum absolute atomic E-state index is 13.5. The summed E-state index contributed by atoms with van der Waals surface area (Å²) in [6.45, 7) is 12.7. The number of anilines is 1. The number of aryl methyl sites for hydroxylation is 2. The number of amides is 2. The number of rotatable bonds is 10. The number of piperidine rings is 1. The van der Waals surface area contributed by atoms with E-state index in [2.05, 4.69) is 43.4 Å². The van der Waals surface area contributed by atoms with E-state index in [9.17, 15) is 9.59 Å². The van der Waals surface area contributed by atoms with Gasteiger partial charge in [0, 0.05) is 24.3 Å². The minimum absolute atomic E-state index is 0. The van der Waals surface area contributed by atoms with E-state index in [0.29, 0.717) is 11.0 Å². The summed E-state index contributed by atoms with van der Waals surface area (Å²) in [5.41, 5.74) is 4.27. The lowest BCUT2D eigenvalue weighted by Gasteiger charge is -2.44. The van der Waals surface area contributed by atoms with Gasteiger partial charge in [-0.3, -0.25) is 9.59 Å². The van der Waals surface area contributed by atoms with Gasteiger partial charge in [0.25, 0.3) is 5.91 Å². The molecule has 1 heterocycles. The molecule has 0 saturated carbocycles. The summed E-state index contributed by atoms with van der Waals surface area (Å²) in [6.07, 6.45) is 3.82. The number of halogens is 1. The summed E-state index contributed by atoms with van der Waals surface area (Å²) in [5, 5.41) is 3.19. The molecule has 0 aromatic heterocycles. The van der Waals surface area contributed by atoms with E-state index in [4.69, 9.17) is 0 Å². The van der Waals surface area contributed by atoms with Crippen LogP contribution in [0.2, 0.25) is 0 Å². The minimum atomic E-state index is -0.0245. The zero-order valence-corrected chi connectivity index (χ0v) is 23.4. The Morgan fingerprint density at radius 1 is 0.971 bits per heavy atom. The van der Waals surface area contributed by atoms with Crippen LogP contribution in [0.4, 0.5) is 5.69 Å². The normalized spacial score (nSPS) is 19.5. The topological polar surface area (TPSA) is 49.4 Å². The van der Waals surface area contributed by atoms with Gasteiger partial charge in [0.05, 0.1) is 19.0 Å². The fourth-order valence-corrected chi connectivity index (χ4v) is 5.46. The van der Waals surface area contributed by atoms with E-state index in [-0.39, 0.29) is 34.7 Å². The van der Waals surface area contributed by atoms with Crippen molar-refractivity contribution in [2.45, 2.75) is 59.9 Å². The second-order valence-corrected chi connectivity index (χ2v) is 10.0. The molecule has 2 atom stereocenters. The second kappa shape index (κ2) is 13.8. The molecule has 192 valence electrons. The summed E-state index contributed by atoms with van der Waals surface area (Å²) < 4.78 is 0.628. The maximum atomic E-state index is 13.5. The number of hydrogen-bond donors (Lipinski definition) is 1. The van der Waals surface area contributed by atoms with Gasteiger partial charge in [-0.05, 0) is 50.7 Å². The van der Waals surface area contributed by atoms with Crippen molar-refractivity contribution in [2.24, 2.45) is 5.92 Å². The quantitative estimate of drug-likeness (QED) is 0.467. The fraction of sp³-hybridized carbons (Fsp3) is 0.517. The Bertz CT molecular complexity index is 939. The van der Waals surface area contributed by atoms with Gasteiger partial charge in [0.2, 0.25) is 5.91 Å². The van der Waals surface area contributed by atoms with Crippen LogP contribution in [0.25, 0.3) is 0 Å². The SMILES string of the molecule is CCCN(CCC)C(=O)C1CCC[N+](CC(=O)Nc2c(C)cccc2C)(Cc2ccccc2)C1.[Br-]. The standard InChI is InChI=1S/C29H41N3O2.BrH/c1-5-17-31(18-6-2)29(34)26-16-11-19-32(21-26,20-25-14-8-7-9-15-25)22-27(33)30-28-23(3)12-10-13-24(28)4;/h7-10,12-15,26H,5-6,11,16-22H2,1-4H3;1H. The highest BCUT2D eigenvalue weighted by molar-refractivity contribution is 5.93. The van der Waals surface area contributed by atoms with Gasteiger partial charge in [-0.25, -0.2) is 0 Å². The third-order valence-corrected chi connectivity index (χ3v) is 7.03. The van der Waals surface area contributed by atoms with Crippen LogP contribution in [0, 0.1) is 19.8 Å². The first kappa shape index (κ1) is 29.1. The molecule has 3 rings (SSSR count). The Hall–Kier alpha value is -2.18. The van der Waals surface area contributed by atoms with Crippen LogP contribution in [0.1, 0.15) is 56.2 Å². The van der Waals surface area contributed by atoms with Gasteiger partial charge >= 0.3 is 0 Å². The number of para-hydroxylation sites is 1. The molecule has 0 spiro atoms. The lowest BCUT2D eigenvalue weighted by Crippen LogP contribution is -3.00. The molecule has 0 aliphatic carbocycles. The molecule has 1 aliphatic heterocycles. The Morgan fingerprint density at radius 3 is 2.20 bits per heavy atom. The van der Waals surface area contributed by atoms with Crippen molar-refractivity contribution < 1.29 is 31.1 Å². The second-order valence-electron chi connectivity index (χ2n) is 10.0. The van der Waals surface area contributed by atoms with E-state index in [1.807, 2.05) is 43.0 Å². The zero-order chi connectivity index (χ0) is 24.6. The van der Waals surface area contributed by atoms with Crippen molar-refractivity contribution >= 4 is 17.5 Å². The predicted molar refractivity (Wildman–Crippen MR) is 139 cm³/mol. The Kier molecular flexibility index (Phi) is 11.4. The molecule has 0 bridgehead atoms. The molecule has 1 aliphatic rings. The van der Waals surface area contributed by atoms with Crippen LogP contribution < -0.4 is 22.3 Å². The van der Waals surface area contributed by atoms with E-state index >= 15 is 0 Å². The molecular weight excluding hydrogens is 502 g/mol. The highest BCUT2D eigenvalue weighted by Crippen LogP contribution is 2.29. The maximum Gasteiger partial charge on any atom is 0.279 e. The van der Waals surface area contributed by atoms with Gasteiger partial charge in [-0.15, -0.1) is 0 Å². The van der Waals surface area contributed by atoms with E-state index in [1.165, 1.54) is 5.56 Å². The van der Waals surface area contributed by atoms with Crippen LogP contribution in [0.5, 0.6) is 0 Å². The average Bonchev–Trinajstić information content (AvgIpc) is 2.81. The third kappa shape index (κ3) is 7.91. The largest absolute Gasteiger partial charge is 1.00 e. The predicted octanol–water partition coefficient (Wildman–Crippen LogP) is 2.32. The minimum Gasteiger partial charge on any atom is -1.00 e. The first-order chi connectivity index (χ1) is 16.4. The molecule has 2 aromatic rings. The molecule has 2 amide bonds. The Balaban J connectivity index is 0.00000432. The molecule has 1 saturated heterocycles. The number of carbonyl (C=O) groups excluding carboxylic acids is 2. The number of quaternary nitrogens is 1. The molecule has 2 unspecified atom stereocenters. The van der Waals surface area contributed by atoms with Crippen LogP contribution >= 0.6 is 0 Å². The Morgan fingerprint density at radius 2 is 1.60 bits per heavy atom. The van der Waals surface area contributed by atoms with Crippen molar-refractivity contribution in [3.8, 4) is 0 Å². The zero-order valence-electron chi connectivity index (χ0n) is 21.9. The summed E-state index contributed by atoms with van der Waals surface area (Å²) in [5.74, 6) is 0.276. The number of likely N-dealkylation sites (tertiary alicyclic amines) is 1. The summed E-state index contributed by atoms with van der Waals surface area (Å²) in [6, 6.07) is 16.5. The van der Waals surface area contributed by atoms with Gasteiger partial charge in [-0.2, -0.15) is 0 Å². The smallest absolute Gasteiger partial charge is 0.279 e. The van der Waals surface area contributed by atoms with Gasteiger partial charge in [0.1, 0.15) is 6.54 Å². The molecule has 6 heteroatoms. The van der Waals surface area contributed by atoms with Crippen molar-refractivity contribution in [1.82, 2.24) is 4.90 Å². The monoisotopic (exact) mass is 543 g/mol. The van der Waals surface area contributed by atoms with Crippen molar-refractivity contribution in [2.75, 3.05) is 38.0 Å². The molecule has 1 N–H and O–H groups in total. The average molecular weight is 545 g/mol. The molecule has 0 radical (unpaired) electrons. The number of benzene rings is 2. The highest BCUT2D eigenvalue weighted by atomic mass is 79.9. The number of nitrogens with one attached hydrogen (secondary N) is 1. The number of hydrogen-bond acceptors (Lipinski definition) is 2. The van der Waals surface area contributed by atoms with Crippen molar-refractivity contribution in [3.05, 3.63) is 65.2 Å². The summed E-state index contributed by atoms with van der Waals surface area (Å²) >= 11 is 0. The third-order valence-electron chi connectivity index (χ3n) is 7.03. The Labute approximate surface area is 222 Å². The number of nitrogens with zero attached hydrogens (tertiary/aromatic N) is 2. The van der Waals surface area contributed by atoms with Gasteiger partial charge in [-0.1, -0.05) is 62.4 Å². The van der Waals surface area contributed by atoms with Crippen molar-refractivity contribution in [3.63, 3.8) is 0 Å². The van der Waals surface area contributed by atoms with Crippen LogP contribution in [0.15, 0.2) is 48.5 Å². The molecule has 1 fully saturated rings. The van der Waals surface area contributed by atoms with E-state index in [1.54, 1.807) is 0 Å². The molecule has 35 heavy (non-hydrogen) atoms. The summed E-state index contributed by atoms with van der Waals surface area (Å²) in [7, 11) is 0. The lowest BCUT2D eigenvalue weighted by molar-refractivity contribution is -0.940. The van der Waals surface area contributed by atoms with Crippen LogP contribution in [-0.4, -0.2) is 53.9 Å². The van der Waals surface area contributed by atoms with E-state index < -0.39 is 0 Å².